The molecule has 1 heterocycles. The zero-order valence-corrected chi connectivity index (χ0v) is 13.4. The molecule has 0 unspecified atom stereocenters. The Morgan fingerprint density at radius 3 is 2.74 bits per heavy atom. The first-order valence-electron chi connectivity index (χ1n) is 6.75. The smallest absolute Gasteiger partial charge is 0.246 e. The lowest BCUT2D eigenvalue weighted by molar-refractivity contribution is -0.124. The first-order valence-corrected chi connectivity index (χ1v) is 7.54. The summed E-state index contributed by atoms with van der Waals surface area (Å²) in [4.78, 5) is 14.6. The Morgan fingerprint density at radius 2 is 2.05 bits per heavy atom. The van der Waals surface area contributed by atoms with Gasteiger partial charge in [-0.2, -0.15) is 0 Å². The summed E-state index contributed by atoms with van der Waals surface area (Å²) in [6, 6.07) is 6.10. The fraction of sp³-hybridized carbons (Fsp3) is 0.533. The van der Waals surface area contributed by atoms with Gasteiger partial charge in [-0.15, -0.1) is 0 Å². The van der Waals surface area contributed by atoms with Crippen molar-refractivity contribution in [1.82, 2.24) is 5.32 Å². The van der Waals surface area contributed by atoms with Gasteiger partial charge in [-0.1, -0.05) is 22.0 Å². The summed E-state index contributed by atoms with van der Waals surface area (Å²) in [7, 11) is 0. The number of carbonyl (C=O) groups is 1. The van der Waals surface area contributed by atoms with E-state index in [0.29, 0.717) is 0 Å². The number of nitrogens with one attached hydrogen (secondary N) is 1. The second-order valence-corrected chi connectivity index (χ2v) is 6.50. The SMILES string of the molecule is Cc1ccc(N2CCCCNC(C)(C)C2=O)cc1Br. The average Bonchev–Trinajstić information content (AvgIpc) is 2.35. The first kappa shape index (κ1) is 14.5. The van der Waals surface area contributed by atoms with Crippen LogP contribution in [0.1, 0.15) is 32.3 Å². The van der Waals surface area contributed by atoms with Crippen molar-refractivity contribution >= 4 is 27.5 Å². The summed E-state index contributed by atoms with van der Waals surface area (Å²) in [5.74, 6) is 0.142. The average molecular weight is 325 g/mol. The van der Waals surface area contributed by atoms with Crippen molar-refractivity contribution in [3.8, 4) is 0 Å². The molecule has 2 rings (SSSR count). The van der Waals surface area contributed by atoms with Crippen LogP contribution in [0.25, 0.3) is 0 Å². The molecule has 0 aliphatic carbocycles. The molecule has 0 bridgehead atoms. The molecule has 0 radical (unpaired) electrons. The third-order valence-electron chi connectivity index (χ3n) is 3.62. The Hall–Kier alpha value is -0.870. The third kappa shape index (κ3) is 3.18. The van der Waals surface area contributed by atoms with E-state index >= 15 is 0 Å². The molecule has 1 aliphatic heterocycles. The van der Waals surface area contributed by atoms with Crippen molar-refractivity contribution in [2.75, 3.05) is 18.0 Å². The minimum Gasteiger partial charge on any atom is -0.311 e. The maximum Gasteiger partial charge on any atom is 0.246 e. The molecule has 0 spiro atoms. The molecular formula is C15H21BrN2O. The van der Waals surface area contributed by atoms with Crippen LogP contribution in [-0.4, -0.2) is 24.5 Å². The molecule has 1 fully saturated rings. The molecule has 4 heteroatoms. The normalized spacial score (nSPS) is 20.0. The van der Waals surface area contributed by atoms with Gasteiger partial charge in [0, 0.05) is 16.7 Å². The number of nitrogens with zero attached hydrogens (tertiary/aromatic N) is 1. The molecule has 1 aliphatic rings. The molecule has 1 aromatic rings. The van der Waals surface area contributed by atoms with Crippen LogP contribution in [0.15, 0.2) is 22.7 Å². The maximum absolute atomic E-state index is 12.7. The maximum atomic E-state index is 12.7. The summed E-state index contributed by atoms with van der Waals surface area (Å²) in [6.45, 7) is 7.66. The lowest BCUT2D eigenvalue weighted by Crippen LogP contribution is -2.56. The lowest BCUT2D eigenvalue weighted by Gasteiger charge is -2.35. The van der Waals surface area contributed by atoms with Gasteiger partial charge in [-0.25, -0.2) is 0 Å². The van der Waals surface area contributed by atoms with Crippen molar-refractivity contribution in [3.63, 3.8) is 0 Å². The van der Waals surface area contributed by atoms with E-state index in [2.05, 4.69) is 28.2 Å². The van der Waals surface area contributed by atoms with E-state index in [9.17, 15) is 4.79 Å². The van der Waals surface area contributed by atoms with E-state index in [4.69, 9.17) is 0 Å². The summed E-state index contributed by atoms with van der Waals surface area (Å²) in [5, 5.41) is 3.33. The molecule has 0 aromatic heterocycles. The zero-order valence-electron chi connectivity index (χ0n) is 11.8. The number of anilines is 1. The van der Waals surface area contributed by atoms with Crippen LogP contribution in [0.3, 0.4) is 0 Å². The van der Waals surface area contributed by atoms with E-state index in [1.165, 1.54) is 5.56 Å². The Bertz CT molecular complexity index is 485. The van der Waals surface area contributed by atoms with E-state index < -0.39 is 5.54 Å². The quantitative estimate of drug-likeness (QED) is 0.860. The molecule has 0 saturated carbocycles. The largest absolute Gasteiger partial charge is 0.311 e. The highest BCUT2D eigenvalue weighted by Gasteiger charge is 2.33. The highest BCUT2D eigenvalue weighted by Crippen LogP contribution is 2.26. The Labute approximate surface area is 123 Å². The lowest BCUT2D eigenvalue weighted by atomic mass is 10.0. The van der Waals surface area contributed by atoms with Crippen molar-refractivity contribution < 1.29 is 4.79 Å². The topological polar surface area (TPSA) is 32.3 Å². The van der Waals surface area contributed by atoms with E-state index in [-0.39, 0.29) is 5.91 Å². The van der Waals surface area contributed by atoms with Gasteiger partial charge in [0.2, 0.25) is 5.91 Å². The number of halogens is 1. The van der Waals surface area contributed by atoms with E-state index in [1.54, 1.807) is 0 Å². The second-order valence-electron chi connectivity index (χ2n) is 5.65. The number of carbonyl (C=O) groups excluding carboxylic acids is 1. The molecule has 104 valence electrons. The highest BCUT2D eigenvalue weighted by molar-refractivity contribution is 9.10. The van der Waals surface area contributed by atoms with E-state index in [1.807, 2.05) is 36.9 Å². The van der Waals surface area contributed by atoms with Crippen LogP contribution in [0.2, 0.25) is 0 Å². The minimum atomic E-state index is -0.502. The summed E-state index contributed by atoms with van der Waals surface area (Å²) < 4.78 is 1.05. The Balaban J connectivity index is 2.33. The molecule has 0 atom stereocenters. The monoisotopic (exact) mass is 324 g/mol. The molecular weight excluding hydrogens is 304 g/mol. The van der Waals surface area contributed by atoms with Gasteiger partial charge in [0.1, 0.15) is 0 Å². The van der Waals surface area contributed by atoms with Gasteiger partial charge in [0.15, 0.2) is 0 Å². The minimum absolute atomic E-state index is 0.142. The highest BCUT2D eigenvalue weighted by atomic mass is 79.9. The van der Waals surface area contributed by atoms with Crippen molar-refractivity contribution in [2.45, 2.75) is 39.2 Å². The molecule has 1 N–H and O–H groups in total. The van der Waals surface area contributed by atoms with Gasteiger partial charge in [-0.3, -0.25) is 4.79 Å². The molecule has 1 aromatic carbocycles. The van der Waals surface area contributed by atoms with Gasteiger partial charge in [0.05, 0.1) is 5.54 Å². The van der Waals surface area contributed by atoms with Gasteiger partial charge < -0.3 is 10.2 Å². The predicted molar refractivity (Wildman–Crippen MR) is 82.5 cm³/mol. The standard InChI is InChI=1S/C15H21BrN2O/c1-11-6-7-12(10-13(11)16)18-9-5-4-8-17-15(2,3)14(18)19/h6-7,10,17H,4-5,8-9H2,1-3H3. The third-order valence-corrected chi connectivity index (χ3v) is 4.48. The number of aryl methyl sites for hydroxylation is 1. The predicted octanol–water partition coefficient (Wildman–Crippen LogP) is 3.25. The number of hydrogen-bond donors (Lipinski definition) is 1. The van der Waals surface area contributed by atoms with Crippen LogP contribution in [0.5, 0.6) is 0 Å². The molecule has 1 saturated heterocycles. The molecule has 19 heavy (non-hydrogen) atoms. The van der Waals surface area contributed by atoms with Crippen LogP contribution in [-0.2, 0) is 4.79 Å². The van der Waals surface area contributed by atoms with Crippen molar-refractivity contribution in [1.29, 1.82) is 0 Å². The Morgan fingerprint density at radius 1 is 1.32 bits per heavy atom. The van der Waals surface area contributed by atoms with Gasteiger partial charge >= 0.3 is 0 Å². The number of hydrogen-bond acceptors (Lipinski definition) is 2. The van der Waals surface area contributed by atoms with Crippen molar-refractivity contribution in [2.24, 2.45) is 0 Å². The molecule has 3 nitrogen and oxygen atoms in total. The van der Waals surface area contributed by atoms with Crippen LogP contribution >= 0.6 is 15.9 Å². The first-order chi connectivity index (χ1) is 8.92. The zero-order chi connectivity index (χ0) is 14.0. The number of rotatable bonds is 1. The van der Waals surface area contributed by atoms with Crippen molar-refractivity contribution in [3.05, 3.63) is 28.2 Å². The van der Waals surface area contributed by atoms with Gasteiger partial charge in [0.25, 0.3) is 0 Å². The van der Waals surface area contributed by atoms with Crippen LogP contribution in [0, 0.1) is 6.92 Å². The van der Waals surface area contributed by atoms with Crippen LogP contribution in [0.4, 0.5) is 5.69 Å². The second kappa shape index (κ2) is 5.63. The number of amides is 1. The molecule has 1 amide bonds. The van der Waals surface area contributed by atoms with Crippen LogP contribution < -0.4 is 10.2 Å². The number of benzene rings is 1. The summed E-state index contributed by atoms with van der Waals surface area (Å²) in [6.07, 6.45) is 2.13. The van der Waals surface area contributed by atoms with Gasteiger partial charge in [-0.05, 0) is 57.9 Å². The van der Waals surface area contributed by atoms with E-state index in [0.717, 1.165) is 36.1 Å². The fourth-order valence-corrected chi connectivity index (χ4v) is 2.67. The Kier molecular flexibility index (Phi) is 4.31. The fourth-order valence-electron chi connectivity index (χ4n) is 2.31. The summed E-state index contributed by atoms with van der Waals surface area (Å²) in [5.41, 5.74) is 1.65. The summed E-state index contributed by atoms with van der Waals surface area (Å²) >= 11 is 3.54.